The van der Waals surface area contributed by atoms with Crippen LogP contribution in [0, 0.1) is 11.3 Å². The van der Waals surface area contributed by atoms with Crippen LogP contribution in [0.25, 0.3) is 20.8 Å². The number of alkyl halides is 3. The molecule has 3 rings (SSSR count). The maximum Gasteiger partial charge on any atom is 0.416 e. The molecule has 0 atom stereocenters. The second-order valence-corrected chi connectivity index (χ2v) is 5.39. The number of nitrogens with zero attached hydrogens (tertiary/aromatic N) is 2. The van der Waals surface area contributed by atoms with E-state index >= 15 is 0 Å². The maximum atomic E-state index is 12.7. The van der Waals surface area contributed by atoms with E-state index in [-0.39, 0.29) is 0 Å². The molecule has 1 heterocycles. The summed E-state index contributed by atoms with van der Waals surface area (Å²) in [6.07, 6.45) is -4.37. The lowest BCUT2D eigenvalue weighted by atomic mass is 10.1. The first-order chi connectivity index (χ1) is 9.99. The highest BCUT2D eigenvalue weighted by atomic mass is 32.1. The Morgan fingerprint density at radius 1 is 1.10 bits per heavy atom. The van der Waals surface area contributed by atoms with E-state index in [1.165, 1.54) is 6.07 Å². The van der Waals surface area contributed by atoms with Gasteiger partial charge in [0.2, 0.25) is 0 Å². The summed E-state index contributed by atoms with van der Waals surface area (Å²) >= 11 is 1.15. The van der Waals surface area contributed by atoms with Crippen molar-refractivity contribution in [2.75, 3.05) is 0 Å². The molecule has 0 saturated carbocycles. The number of thiazole rings is 1. The number of halogens is 3. The summed E-state index contributed by atoms with van der Waals surface area (Å²) in [6, 6.07) is 12.4. The molecule has 104 valence electrons. The van der Waals surface area contributed by atoms with E-state index in [1.807, 2.05) is 0 Å². The Balaban J connectivity index is 2.16. The molecule has 0 saturated heterocycles. The van der Waals surface area contributed by atoms with Crippen molar-refractivity contribution in [1.29, 1.82) is 5.26 Å². The minimum Gasteiger partial charge on any atom is -0.236 e. The van der Waals surface area contributed by atoms with Crippen LogP contribution < -0.4 is 0 Å². The Hall–Kier alpha value is -2.39. The average molecular weight is 304 g/mol. The fourth-order valence-electron chi connectivity index (χ4n) is 1.98. The van der Waals surface area contributed by atoms with Crippen molar-refractivity contribution in [3.05, 3.63) is 53.6 Å². The van der Waals surface area contributed by atoms with Crippen molar-refractivity contribution in [2.24, 2.45) is 0 Å². The minimum atomic E-state index is -4.37. The van der Waals surface area contributed by atoms with Crippen molar-refractivity contribution in [3.63, 3.8) is 0 Å². The molecule has 0 unspecified atom stereocenters. The van der Waals surface area contributed by atoms with Gasteiger partial charge in [0.05, 0.1) is 27.4 Å². The molecule has 0 spiro atoms. The molecule has 0 fully saturated rings. The molecule has 0 radical (unpaired) electrons. The second-order valence-electron chi connectivity index (χ2n) is 4.36. The maximum absolute atomic E-state index is 12.7. The molecule has 0 aliphatic carbocycles. The summed E-state index contributed by atoms with van der Waals surface area (Å²) in [5, 5.41) is 9.63. The number of hydrogen-bond acceptors (Lipinski definition) is 3. The lowest BCUT2D eigenvalue weighted by molar-refractivity contribution is -0.137. The third-order valence-electron chi connectivity index (χ3n) is 2.99. The van der Waals surface area contributed by atoms with E-state index in [0.29, 0.717) is 26.4 Å². The first kappa shape index (κ1) is 13.6. The molecule has 3 aromatic rings. The zero-order valence-corrected chi connectivity index (χ0v) is 11.3. The number of benzene rings is 2. The predicted octanol–water partition coefficient (Wildman–Crippen LogP) is 4.85. The van der Waals surface area contributed by atoms with Gasteiger partial charge in [0, 0.05) is 5.56 Å². The average Bonchev–Trinajstić information content (AvgIpc) is 2.89. The Bertz CT molecular complexity index is 859. The highest BCUT2D eigenvalue weighted by Crippen LogP contribution is 2.36. The van der Waals surface area contributed by atoms with Gasteiger partial charge < -0.3 is 0 Å². The molecule has 0 aliphatic rings. The third-order valence-corrected chi connectivity index (χ3v) is 4.05. The van der Waals surface area contributed by atoms with Gasteiger partial charge in [0.25, 0.3) is 0 Å². The Morgan fingerprint density at radius 2 is 1.86 bits per heavy atom. The fraction of sp³-hybridized carbons (Fsp3) is 0.0667. The molecule has 1 aromatic heterocycles. The molecule has 2 nitrogen and oxygen atoms in total. The molecular weight excluding hydrogens is 297 g/mol. The summed E-state index contributed by atoms with van der Waals surface area (Å²) in [5.74, 6) is 0. The minimum absolute atomic E-state index is 0.451. The lowest BCUT2D eigenvalue weighted by Crippen LogP contribution is -2.03. The SMILES string of the molecule is N#Cc1ccccc1-c1nc2ccc(C(F)(F)F)cc2s1. The van der Waals surface area contributed by atoms with Crippen molar-refractivity contribution < 1.29 is 13.2 Å². The monoisotopic (exact) mass is 304 g/mol. The van der Waals surface area contributed by atoms with Gasteiger partial charge in [-0.15, -0.1) is 11.3 Å². The van der Waals surface area contributed by atoms with E-state index in [0.717, 1.165) is 23.5 Å². The topological polar surface area (TPSA) is 36.7 Å². The smallest absolute Gasteiger partial charge is 0.236 e. The van der Waals surface area contributed by atoms with Crippen LogP contribution in [0.1, 0.15) is 11.1 Å². The summed E-state index contributed by atoms with van der Waals surface area (Å²) < 4.78 is 38.6. The summed E-state index contributed by atoms with van der Waals surface area (Å²) in [6.45, 7) is 0. The fourth-order valence-corrected chi connectivity index (χ4v) is 3.03. The van der Waals surface area contributed by atoms with E-state index in [9.17, 15) is 13.2 Å². The summed E-state index contributed by atoms with van der Waals surface area (Å²) in [4.78, 5) is 4.31. The van der Waals surface area contributed by atoms with Crippen LogP contribution >= 0.6 is 11.3 Å². The van der Waals surface area contributed by atoms with Crippen molar-refractivity contribution in [1.82, 2.24) is 4.98 Å². The van der Waals surface area contributed by atoms with Gasteiger partial charge in [-0.2, -0.15) is 18.4 Å². The third kappa shape index (κ3) is 2.48. The first-order valence-electron chi connectivity index (χ1n) is 5.96. The van der Waals surface area contributed by atoms with Gasteiger partial charge in [-0.05, 0) is 24.3 Å². The number of fused-ring (bicyclic) bond motifs is 1. The zero-order chi connectivity index (χ0) is 15.0. The standard InChI is InChI=1S/C15H7F3N2S/c16-15(17,18)10-5-6-12-13(7-10)21-14(20-12)11-4-2-1-3-9(11)8-19/h1-7H. The second kappa shape index (κ2) is 4.86. The van der Waals surface area contributed by atoms with E-state index in [4.69, 9.17) is 5.26 Å². The number of hydrogen-bond donors (Lipinski definition) is 0. The highest BCUT2D eigenvalue weighted by Gasteiger charge is 2.30. The molecule has 2 aromatic carbocycles. The largest absolute Gasteiger partial charge is 0.416 e. The Morgan fingerprint density at radius 3 is 2.57 bits per heavy atom. The number of nitriles is 1. The quantitative estimate of drug-likeness (QED) is 0.644. The molecule has 0 N–H and O–H groups in total. The molecule has 6 heteroatoms. The van der Waals surface area contributed by atoms with Crippen LogP contribution in [0.5, 0.6) is 0 Å². The van der Waals surface area contributed by atoms with Crippen LogP contribution in [0.15, 0.2) is 42.5 Å². The van der Waals surface area contributed by atoms with Crippen LogP contribution in [-0.4, -0.2) is 4.98 Å². The van der Waals surface area contributed by atoms with Gasteiger partial charge in [-0.3, -0.25) is 0 Å². The first-order valence-corrected chi connectivity index (χ1v) is 6.78. The van der Waals surface area contributed by atoms with Gasteiger partial charge in [0.1, 0.15) is 5.01 Å². The van der Waals surface area contributed by atoms with Crippen molar-refractivity contribution in [2.45, 2.75) is 6.18 Å². The van der Waals surface area contributed by atoms with E-state index in [2.05, 4.69) is 11.1 Å². The van der Waals surface area contributed by atoms with Crippen LogP contribution in [0.2, 0.25) is 0 Å². The number of rotatable bonds is 1. The summed E-state index contributed by atoms with van der Waals surface area (Å²) in [5.41, 5.74) is 0.886. The molecule has 0 bridgehead atoms. The lowest BCUT2D eigenvalue weighted by Gasteiger charge is -2.04. The Labute approximate surface area is 122 Å². The zero-order valence-electron chi connectivity index (χ0n) is 10.5. The van der Waals surface area contributed by atoms with E-state index in [1.54, 1.807) is 24.3 Å². The van der Waals surface area contributed by atoms with Gasteiger partial charge in [0.15, 0.2) is 0 Å². The molecule has 0 aliphatic heterocycles. The Kier molecular flexibility index (Phi) is 3.15. The summed E-state index contributed by atoms with van der Waals surface area (Å²) in [7, 11) is 0. The van der Waals surface area contributed by atoms with Gasteiger partial charge >= 0.3 is 6.18 Å². The molecule has 0 amide bonds. The van der Waals surface area contributed by atoms with Crippen LogP contribution in [-0.2, 0) is 6.18 Å². The van der Waals surface area contributed by atoms with Gasteiger partial charge in [-0.1, -0.05) is 18.2 Å². The van der Waals surface area contributed by atoms with Crippen molar-refractivity contribution >= 4 is 21.6 Å². The van der Waals surface area contributed by atoms with Gasteiger partial charge in [-0.25, -0.2) is 4.98 Å². The van der Waals surface area contributed by atoms with E-state index < -0.39 is 11.7 Å². The highest BCUT2D eigenvalue weighted by molar-refractivity contribution is 7.21. The van der Waals surface area contributed by atoms with Crippen LogP contribution in [0.4, 0.5) is 13.2 Å². The van der Waals surface area contributed by atoms with Crippen LogP contribution in [0.3, 0.4) is 0 Å². The molecular formula is C15H7F3N2S. The molecule has 21 heavy (non-hydrogen) atoms. The van der Waals surface area contributed by atoms with Crippen molar-refractivity contribution in [3.8, 4) is 16.6 Å². The predicted molar refractivity (Wildman–Crippen MR) is 74.8 cm³/mol. The number of aromatic nitrogens is 1. The normalized spacial score (nSPS) is 11.5.